The lowest BCUT2D eigenvalue weighted by Gasteiger charge is -1.93. The summed E-state index contributed by atoms with van der Waals surface area (Å²) in [5, 5.41) is 1.98. The Morgan fingerprint density at radius 2 is 1.25 bits per heavy atom. The predicted molar refractivity (Wildman–Crippen MR) is 68.9 cm³/mol. The van der Waals surface area contributed by atoms with Crippen LogP contribution in [-0.2, 0) is 0 Å². The van der Waals surface area contributed by atoms with E-state index in [-0.39, 0.29) is 0 Å². The maximum Gasteiger partial charge on any atom is 0.182 e. The number of hydrogen-bond donors (Lipinski definition) is 2. The molecule has 4 N–H and O–H groups in total. The highest BCUT2D eigenvalue weighted by Crippen LogP contribution is 2.41. The number of benzene rings is 2. The molecule has 0 bridgehead atoms. The molecule has 3 nitrogen and oxygen atoms in total. The molecule has 1 aromatic heterocycles. The number of hydrogen-bond acceptors (Lipinski definition) is 3. The molecular weight excluding hydrogens is 220 g/mol. The molecule has 0 aliphatic rings. The van der Waals surface area contributed by atoms with Gasteiger partial charge in [0.25, 0.3) is 0 Å². The molecule has 3 rings (SSSR count). The molecular formula is C12H10N2OS. The fourth-order valence-corrected chi connectivity index (χ4v) is 3.43. The Labute approximate surface area is 95.1 Å². The molecule has 4 heteroatoms. The van der Waals surface area contributed by atoms with Crippen LogP contribution in [0, 0.1) is 0 Å². The summed E-state index contributed by atoms with van der Waals surface area (Å²) in [5.41, 5.74) is 12.7. The summed E-state index contributed by atoms with van der Waals surface area (Å²) < 4.78 is 13.7. The zero-order valence-electron chi connectivity index (χ0n) is 8.44. The summed E-state index contributed by atoms with van der Waals surface area (Å²) in [5.74, 6) is 0. The maximum absolute atomic E-state index is 12.2. The smallest absolute Gasteiger partial charge is 0.182 e. The van der Waals surface area contributed by atoms with E-state index in [1.54, 1.807) is 12.1 Å². The lowest BCUT2D eigenvalue weighted by Crippen LogP contribution is -1.82. The van der Waals surface area contributed by atoms with Gasteiger partial charge in [0.15, 0.2) is 9.40 Å². The zero-order chi connectivity index (χ0) is 11.3. The molecule has 3 aromatic rings. The molecule has 0 spiro atoms. The topological polar surface area (TPSA) is 75.1 Å². The second-order valence-electron chi connectivity index (χ2n) is 3.78. The standard InChI is InChI=1S/C12H10N2OS/c13-7-1-3-9-10-4-2-8(14)6-12(10)16(15)11(9)5-7/h1-6H,13-14H2. The Morgan fingerprint density at radius 3 is 1.69 bits per heavy atom. The van der Waals surface area contributed by atoms with E-state index in [1.807, 2.05) is 24.3 Å². The molecule has 0 saturated carbocycles. The van der Waals surface area contributed by atoms with E-state index in [0.717, 1.165) is 20.2 Å². The summed E-state index contributed by atoms with van der Waals surface area (Å²) in [6, 6.07) is 11.0. The van der Waals surface area contributed by atoms with E-state index in [1.165, 1.54) is 0 Å². The molecule has 0 aliphatic heterocycles. The number of nitrogens with two attached hydrogens (primary N) is 2. The first-order valence-corrected chi connectivity index (χ1v) is 6.03. The van der Waals surface area contributed by atoms with E-state index in [9.17, 15) is 4.55 Å². The van der Waals surface area contributed by atoms with Crippen LogP contribution in [0.2, 0.25) is 0 Å². The van der Waals surface area contributed by atoms with Crippen LogP contribution in [0.3, 0.4) is 0 Å². The van der Waals surface area contributed by atoms with Crippen molar-refractivity contribution in [2.24, 2.45) is 0 Å². The van der Waals surface area contributed by atoms with Gasteiger partial charge in [-0.3, -0.25) is 0 Å². The Balaban J connectivity index is 2.59. The average Bonchev–Trinajstić information content (AvgIpc) is 2.53. The summed E-state index contributed by atoms with van der Waals surface area (Å²) in [6.45, 7) is 0. The van der Waals surface area contributed by atoms with E-state index in [0.29, 0.717) is 11.4 Å². The van der Waals surface area contributed by atoms with Gasteiger partial charge in [-0.15, -0.1) is 0 Å². The van der Waals surface area contributed by atoms with Gasteiger partial charge >= 0.3 is 0 Å². The van der Waals surface area contributed by atoms with Crippen molar-refractivity contribution in [1.82, 2.24) is 0 Å². The average molecular weight is 230 g/mol. The zero-order valence-corrected chi connectivity index (χ0v) is 9.25. The molecule has 80 valence electrons. The number of rotatable bonds is 0. The van der Waals surface area contributed by atoms with E-state index < -0.39 is 10.8 Å². The van der Waals surface area contributed by atoms with Gasteiger partial charge in [-0.05, 0) is 35.0 Å². The van der Waals surface area contributed by atoms with Crippen LogP contribution >= 0.6 is 10.8 Å². The minimum Gasteiger partial charge on any atom is -0.590 e. The Kier molecular flexibility index (Phi) is 1.83. The van der Waals surface area contributed by atoms with Crippen molar-refractivity contribution in [3.63, 3.8) is 0 Å². The third-order valence-corrected chi connectivity index (χ3v) is 4.18. The van der Waals surface area contributed by atoms with Crippen LogP contribution in [0.25, 0.3) is 20.2 Å². The van der Waals surface area contributed by atoms with Gasteiger partial charge in [-0.2, -0.15) is 0 Å². The minimum absolute atomic E-state index is 0.632. The van der Waals surface area contributed by atoms with Crippen LogP contribution in [0.15, 0.2) is 36.4 Å². The van der Waals surface area contributed by atoms with Crippen LogP contribution in [0.5, 0.6) is 0 Å². The van der Waals surface area contributed by atoms with Gasteiger partial charge < -0.3 is 16.0 Å². The molecule has 0 radical (unpaired) electrons. The second kappa shape index (κ2) is 3.10. The van der Waals surface area contributed by atoms with Crippen LogP contribution in [-0.4, -0.2) is 4.55 Å². The van der Waals surface area contributed by atoms with Crippen LogP contribution < -0.4 is 11.5 Å². The normalized spacial score (nSPS) is 11.3. The fourth-order valence-electron chi connectivity index (χ4n) is 1.95. The van der Waals surface area contributed by atoms with E-state index in [2.05, 4.69) is 0 Å². The molecule has 0 unspecified atom stereocenters. The number of anilines is 2. The van der Waals surface area contributed by atoms with E-state index in [4.69, 9.17) is 11.5 Å². The first kappa shape index (κ1) is 9.45. The lowest BCUT2D eigenvalue weighted by molar-refractivity contribution is 0.602. The predicted octanol–water partition coefficient (Wildman–Crippen LogP) is 2.89. The van der Waals surface area contributed by atoms with E-state index >= 15 is 0 Å². The Bertz CT molecular complexity index is 644. The summed E-state index contributed by atoms with van der Waals surface area (Å²) in [6.07, 6.45) is 0. The first-order chi connectivity index (χ1) is 7.66. The van der Waals surface area contributed by atoms with Gasteiger partial charge in [-0.25, -0.2) is 0 Å². The molecule has 0 aliphatic carbocycles. The van der Waals surface area contributed by atoms with Crippen LogP contribution in [0.1, 0.15) is 0 Å². The maximum atomic E-state index is 12.2. The monoisotopic (exact) mass is 230 g/mol. The van der Waals surface area contributed by atoms with Gasteiger partial charge in [0.2, 0.25) is 0 Å². The summed E-state index contributed by atoms with van der Waals surface area (Å²) in [7, 11) is -1.15. The molecule has 1 heterocycles. The van der Waals surface area contributed by atoms with Crippen molar-refractivity contribution in [3.8, 4) is 0 Å². The molecule has 0 atom stereocenters. The summed E-state index contributed by atoms with van der Waals surface area (Å²) in [4.78, 5) is 0. The molecule has 2 aromatic carbocycles. The first-order valence-electron chi connectivity index (χ1n) is 4.88. The fraction of sp³-hybridized carbons (Fsp3) is 0. The van der Waals surface area contributed by atoms with Crippen molar-refractivity contribution in [1.29, 1.82) is 0 Å². The van der Waals surface area contributed by atoms with Gasteiger partial charge in [0.1, 0.15) is 0 Å². The van der Waals surface area contributed by atoms with Gasteiger partial charge in [-0.1, -0.05) is 0 Å². The molecule has 0 amide bonds. The highest BCUT2D eigenvalue weighted by atomic mass is 32.2. The van der Waals surface area contributed by atoms with Crippen LogP contribution in [0.4, 0.5) is 11.4 Å². The SMILES string of the molecule is Nc1ccc2c3ccc(N)cc3[s+]([O-])c2c1. The Morgan fingerprint density at radius 1 is 0.812 bits per heavy atom. The molecule has 16 heavy (non-hydrogen) atoms. The minimum atomic E-state index is -1.15. The highest BCUT2D eigenvalue weighted by molar-refractivity contribution is 7.37. The third kappa shape index (κ3) is 1.17. The number of thiophene rings is 1. The lowest BCUT2D eigenvalue weighted by atomic mass is 10.1. The quantitative estimate of drug-likeness (QED) is 0.460. The molecule has 0 saturated heterocycles. The van der Waals surface area contributed by atoms with Gasteiger partial charge in [0, 0.05) is 34.3 Å². The van der Waals surface area contributed by atoms with Crippen molar-refractivity contribution >= 4 is 42.3 Å². The number of fused-ring (bicyclic) bond motifs is 3. The third-order valence-electron chi connectivity index (χ3n) is 2.70. The Hall–Kier alpha value is -1.78. The summed E-state index contributed by atoms with van der Waals surface area (Å²) >= 11 is 0. The van der Waals surface area contributed by atoms with Crippen molar-refractivity contribution in [2.45, 2.75) is 0 Å². The van der Waals surface area contributed by atoms with Crippen molar-refractivity contribution in [3.05, 3.63) is 36.4 Å². The van der Waals surface area contributed by atoms with Gasteiger partial charge in [0.05, 0.1) is 0 Å². The van der Waals surface area contributed by atoms with Crippen molar-refractivity contribution in [2.75, 3.05) is 11.5 Å². The second-order valence-corrected chi connectivity index (χ2v) is 5.20. The van der Waals surface area contributed by atoms with Crippen molar-refractivity contribution < 1.29 is 4.55 Å². The largest absolute Gasteiger partial charge is 0.590 e. The highest BCUT2D eigenvalue weighted by Gasteiger charge is 2.15. The number of nitrogen functional groups attached to an aromatic ring is 2. The molecule has 0 fully saturated rings.